The van der Waals surface area contributed by atoms with Crippen LogP contribution in [0.15, 0.2) is 83.0 Å². The van der Waals surface area contributed by atoms with Crippen LogP contribution < -0.4 is 10.1 Å². The monoisotopic (exact) mass is 459 g/mol. The SMILES string of the molecule is CC(=NOCCOc1ccc(C=C2SC(=O)NC2=O)cc1)c1ccc(-c2ccccn2)cc1. The second-order valence-electron chi connectivity index (χ2n) is 7.07. The highest BCUT2D eigenvalue weighted by Gasteiger charge is 2.24. The van der Waals surface area contributed by atoms with Gasteiger partial charge in [-0.1, -0.05) is 47.6 Å². The molecule has 1 fully saturated rings. The molecule has 4 rings (SSSR count). The largest absolute Gasteiger partial charge is 0.490 e. The lowest BCUT2D eigenvalue weighted by molar-refractivity contribution is -0.115. The maximum atomic E-state index is 11.6. The third-order valence-electron chi connectivity index (χ3n) is 4.73. The van der Waals surface area contributed by atoms with Gasteiger partial charge in [-0.3, -0.25) is 19.9 Å². The zero-order valence-electron chi connectivity index (χ0n) is 17.9. The number of nitrogens with zero attached hydrogens (tertiary/aromatic N) is 2. The Morgan fingerprint density at radius 1 is 1.03 bits per heavy atom. The van der Waals surface area contributed by atoms with Crippen LogP contribution >= 0.6 is 11.8 Å². The van der Waals surface area contributed by atoms with Gasteiger partial charge in [-0.05, 0) is 60.2 Å². The Morgan fingerprint density at radius 2 is 1.82 bits per heavy atom. The Kier molecular flexibility index (Phi) is 7.16. The molecule has 7 nitrogen and oxygen atoms in total. The summed E-state index contributed by atoms with van der Waals surface area (Å²) in [7, 11) is 0. The number of hydrogen-bond acceptors (Lipinski definition) is 7. The molecule has 1 saturated heterocycles. The molecule has 0 unspecified atom stereocenters. The summed E-state index contributed by atoms with van der Waals surface area (Å²) in [6.07, 6.45) is 3.44. The zero-order chi connectivity index (χ0) is 23.0. The predicted molar refractivity (Wildman–Crippen MR) is 129 cm³/mol. The number of imide groups is 1. The second kappa shape index (κ2) is 10.6. The molecule has 1 aromatic heterocycles. The number of carbonyl (C=O) groups excluding carboxylic acids is 2. The number of oxime groups is 1. The molecule has 3 aromatic rings. The van der Waals surface area contributed by atoms with E-state index in [0.717, 1.165) is 39.9 Å². The van der Waals surface area contributed by atoms with E-state index < -0.39 is 0 Å². The van der Waals surface area contributed by atoms with Gasteiger partial charge in [0.1, 0.15) is 12.4 Å². The summed E-state index contributed by atoms with van der Waals surface area (Å²) in [5.74, 6) is 0.300. The van der Waals surface area contributed by atoms with Crippen molar-refractivity contribution < 1.29 is 19.2 Å². The molecule has 1 aliphatic heterocycles. The molecule has 0 atom stereocenters. The van der Waals surface area contributed by atoms with Gasteiger partial charge in [0.15, 0.2) is 6.61 Å². The minimum absolute atomic E-state index is 0.300. The van der Waals surface area contributed by atoms with Crippen molar-refractivity contribution in [3.63, 3.8) is 0 Å². The number of nitrogens with one attached hydrogen (secondary N) is 1. The van der Waals surface area contributed by atoms with Gasteiger partial charge in [0.05, 0.1) is 16.3 Å². The van der Waals surface area contributed by atoms with Crippen LogP contribution in [-0.2, 0) is 9.63 Å². The summed E-state index contributed by atoms with van der Waals surface area (Å²) < 4.78 is 5.66. The number of ether oxygens (including phenoxy) is 1. The minimum Gasteiger partial charge on any atom is -0.490 e. The number of thioether (sulfide) groups is 1. The van der Waals surface area contributed by atoms with E-state index in [1.807, 2.05) is 61.5 Å². The first-order valence-electron chi connectivity index (χ1n) is 10.2. The average molecular weight is 460 g/mol. The topological polar surface area (TPSA) is 89.9 Å². The Labute approximate surface area is 195 Å². The van der Waals surface area contributed by atoms with E-state index in [9.17, 15) is 9.59 Å². The predicted octanol–water partition coefficient (Wildman–Crippen LogP) is 4.89. The second-order valence-corrected chi connectivity index (χ2v) is 8.09. The van der Waals surface area contributed by atoms with Crippen LogP contribution in [0.3, 0.4) is 0 Å². The first-order chi connectivity index (χ1) is 16.1. The molecular weight excluding hydrogens is 438 g/mol. The summed E-state index contributed by atoms with van der Waals surface area (Å²) >= 11 is 0.891. The number of amides is 2. The van der Waals surface area contributed by atoms with Gasteiger partial charge in [0.25, 0.3) is 11.1 Å². The lowest BCUT2D eigenvalue weighted by atomic mass is 10.1. The molecule has 33 heavy (non-hydrogen) atoms. The maximum Gasteiger partial charge on any atom is 0.290 e. The smallest absolute Gasteiger partial charge is 0.290 e. The maximum absolute atomic E-state index is 11.6. The van der Waals surface area contributed by atoms with Crippen LogP contribution in [0.25, 0.3) is 17.3 Å². The third-order valence-corrected chi connectivity index (χ3v) is 5.54. The summed E-state index contributed by atoms with van der Waals surface area (Å²) in [5, 5.41) is 6.03. The molecule has 166 valence electrons. The summed E-state index contributed by atoms with van der Waals surface area (Å²) in [6.45, 7) is 2.52. The molecule has 0 spiro atoms. The van der Waals surface area contributed by atoms with E-state index in [2.05, 4.69) is 15.5 Å². The van der Waals surface area contributed by atoms with E-state index >= 15 is 0 Å². The molecular formula is C25H21N3O4S. The quantitative estimate of drug-likeness (QED) is 0.223. The Morgan fingerprint density at radius 3 is 2.48 bits per heavy atom. The van der Waals surface area contributed by atoms with Crippen molar-refractivity contribution in [2.24, 2.45) is 5.16 Å². The van der Waals surface area contributed by atoms with Crippen LogP contribution in [0, 0.1) is 0 Å². The van der Waals surface area contributed by atoms with Crippen LogP contribution in [0.1, 0.15) is 18.1 Å². The Bertz CT molecular complexity index is 1190. The molecule has 0 bridgehead atoms. The van der Waals surface area contributed by atoms with Gasteiger partial charge in [0.2, 0.25) is 0 Å². The molecule has 8 heteroatoms. The molecule has 2 aromatic carbocycles. The highest BCUT2D eigenvalue weighted by Crippen LogP contribution is 2.26. The highest BCUT2D eigenvalue weighted by molar-refractivity contribution is 8.18. The Balaban J connectivity index is 1.23. The first kappa shape index (κ1) is 22.3. The van der Waals surface area contributed by atoms with E-state index in [-0.39, 0.29) is 11.1 Å². The van der Waals surface area contributed by atoms with Crippen LogP contribution in [0.4, 0.5) is 4.79 Å². The fraction of sp³-hybridized carbons (Fsp3) is 0.120. The fourth-order valence-corrected chi connectivity index (χ4v) is 3.72. The molecule has 0 aliphatic carbocycles. The zero-order valence-corrected chi connectivity index (χ0v) is 18.7. The fourth-order valence-electron chi connectivity index (χ4n) is 3.04. The van der Waals surface area contributed by atoms with Crippen molar-refractivity contribution in [2.45, 2.75) is 6.92 Å². The van der Waals surface area contributed by atoms with Gasteiger partial charge in [-0.15, -0.1) is 0 Å². The number of benzene rings is 2. The summed E-state index contributed by atoms with van der Waals surface area (Å²) in [5.41, 5.74) is 4.51. The lowest BCUT2D eigenvalue weighted by Gasteiger charge is -2.07. The van der Waals surface area contributed by atoms with E-state index in [4.69, 9.17) is 9.57 Å². The van der Waals surface area contributed by atoms with Crippen LogP contribution in [-0.4, -0.2) is 35.1 Å². The van der Waals surface area contributed by atoms with Gasteiger partial charge in [-0.2, -0.15) is 0 Å². The van der Waals surface area contributed by atoms with E-state index in [1.54, 1.807) is 24.4 Å². The van der Waals surface area contributed by atoms with Crippen molar-refractivity contribution in [3.05, 3.63) is 89.0 Å². The van der Waals surface area contributed by atoms with Gasteiger partial charge < -0.3 is 9.57 Å². The third kappa shape index (κ3) is 6.08. The van der Waals surface area contributed by atoms with Crippen molar-refractivity contribution in [1.29, 1.82) is 0 Å². The van der Waals surface area contributed by atoms with Gasteiger partial charge >= 0.3 is 0 Å². The highest BCUT2D eigenvalue weighted by atomic mass is 32.2. The van der Waals surface area contributed by atoms with E-state index in [1.165, 1.54) is 0 Å². The number of pyridine rings is 1. The minimum atomic E-state index is -0.373. The summed E-state index contributed by atoms with van der Waals surface area (Å²) in [6, 6.07) is 21.0. The molecule has 0 radical (unpaired) electrons. The first-order valence-corrected chi connectivity index (χ1v) is 11.1. The number of hydrogen-bond donors (Lipinski definition) is 1. The number of carbonyl (C=O) groups is 2. The molecule has 0 saturated carbocycles. The molecule has 1 N–H and O–H groups in total. The molecule has 1 aliphatic rings. The van der Waals surface area contributed by atoms with Gasteiger partial charge in [0, 0.05) is 11.8 Å². The standard InChI is InChI=1S/C25H21N3O4S/c1-17(19-7-9-20(10-8-19)22-4-2-3-13-26-22)28-32-15-14-31-21-11-5-18(6-12-21)16-23-24(29)27-25(30)33-23/h2-13,16H,14-15H2,1H3,(H,27,29,30). The molecule has 2 heterocycles. The number of aromatic nitrogens is 1. The lowest BCUT2D eigenvalue weighted by Crippen LogP contribution is -2.17. The van der Waals surface area contributed by atoms with Crippen molar-refractivity contribution >= 4 is 34.7 Å². The molecule has 2 amide bonds. The summed E-state index contributed by atoms with van der Waals surface area (Å²) in [4.78, 5) is 32.9. The van der Waals surface area contributed by atoms with Crippen LogP contribution in [0.2, 0.25) is 0 Å². The Hall–Kier alpha value is -3.91. The van der Waals surface area contributed by atoms with Crippen LogP contribution in [0.5, 0.6) is 5.75 Å². The average Bonchev–Trinajstić information content (AvgIpc) is 3.16. The number of rotatable bonds is 8. The normalized spacial score (nSPS) is 14.9. The van der Waals surface area contributed by atoms with Crippen molar-refractivity contribution in [3.8, 4) is 17.0 Å². The van der Waals surface area contributed by atoms with Gasteiger partial charge in [-0.25, -0.2) is 0 Å². The van der Waals surface area contributed by atoms with Crippen molar-refractivity contribution in [2.75, 3.05) is 13.2 Å². The van der Waals surface area contributed by atoms with Crippen molar-refractivity contribution in [1.82, 2.24) is 10.3 Å². The van der Waals surface area contributed by atoms with E-state index in [0.29, 0.717) is 23.9 Å².